The van der Waals surface area contributed by atoms with Crippen LogP contribution in [0.2, 0.25) is 0 Å². The van der Waals surface area contributed by atoms with E-state index in [-0.39, 0.29) is 10.9 Å². The Labute approximate surface area is 94.1 Å². The van der Waals surface area contributed by atoms with Gasteiger partial charge in [0.2, 0.25) is 0 Å². The molecular formula is C11H13ClN2O. The number of benzene rings is 1. The van der Waals surface area contributed by atoms with E-state index in [4.69, 9.17) is 11.6 Å². The third-order valence-corrected chi connectivity index (χ3v) is 1.96. The Bertz CT molecular complexity index is 349. The zero-order valence-electron chi connectivity index (χ0n) is 8.46. The van der Waals surface area contributed by atoms with Gasteiger partial charge in [-0.2, -0.15) is 0 Å². The number of halogens is 1. The molecule has 0 spiro atoms. The van der Waals surface area contributed by atoms with Gasteiger partial charge in [0, 0.05) is 18.4 Å². The van der Waals surface area contributed by atoms with E-state index >= 15 is 0 Å². The molecule has 0 heterocycles. The number of carbonyl (C=O) groups excluding carboxylic acids is 1. The highest BCUT2D eigenvalue weighted by molar-refractivity contribution is 6.43. The molecule has 80 valence electrons. The second kappa shape index (κ2) is 6.09. The van der Waals surface area contributed by atoms with E-state index in [1.165, 1.54) is 6.20 Å². The van der Waals surface area contributed by atoms with E-state index in [2.05, 4.69) is 10.6 Å². The molecule has 0 saturated carbocycles. The van der Waals surface area contributed by atoms with Crippen molar-refractivity contribution < 1.29 is 4.79 Å². The molecule has 0 aliphatic rings. The molecule has 0 bridgehead atoms. The van der Waals surface area contributed by atoms with Crippen molar-refractivity contribution in [3.05, 3.63) is 41.6 Å². The van der Waals surface area contributed by atoms with Gasteiger partial charge in [-0.3, -0.25) is 4.79 Å². The summed E-state index contributed by atoms with van der Waals surface area (Å²) in [5.41, 5.74) is 0.727. The molecule has 0 radical (unpaired) electrons. The van der Waals surface area contributed by atoms with E-state index in [1.807, 2.05) is 25.1 Å². The number of anilines is 1. The first-order valence-electron chi connectivity index (χ1n) is 4.69. The molecule has 0 aromatic heterocycles. The van der Waals surface area contributed by atoms with Gasteiger partial charge >= 0.3 is 0 Å². The van der Waals surface area contributed by atoms with E-state index in [0.717, 1.165) is 12.2 Å². The van der Waals surface area contributed by atoms with Crippen LogP contribution in [0, 0.1) is 0 Å². The highest BCUT2D eigenvalue weighted by atomic mass is 35.5. The van der Waals surface area contributed by atoms with E-state index in [9.17, 15) is 4.79 Å². The van der Waals surface area contributed by atoms with Gasteiger partial charge in [-0.25, -0.2) is 0 Å². The zero-order chi connectivity index (χ0) is 11.1. The largest absolute Gasteiger partial charge is 0.390 e. The number of amides is 1. The van der Waals surface area contributed by atoms with Crippen LogP contribution in [0.1, 0.15) is 6.92 Å². The van der Waals surface area contributed by atoms with E-state index < -0.39 is 0 Å². The van der Waals surface area contributed by atoms with Gasteiger partial charge in [-0.05, 0) is 19.1 Å². The normalized spacial score (nSPS) is 10.9. The quantitative estimate of drug-likeness (QED) is 0.771. The van der Waals surface area contributed by atoms with Gasteiger partial charge in [0.25, 0.3) is 5.91 Å². The summed E-state index contributed by atoms with van der Waals surface area (Å²) in [6, 6.07) is 9.17. The van der Waals surface area contributed by atoms with Crippen LogP contribution in [-0.2, 0) is 4.79 Å². The Balaban J connectivity index is 2.56. The summed E-state index contributed by atoms with van der Waals surface area (Å²) < 4.78 is 0. The fourth-order valence-corrected chi connectivity index (χ4v) is 1.09. The van der Waals surface area contributed by atoms with Crippen LogP contribution in [-0.4, -0.2) is 12.5 Å². The van der Waals surface area contributed by atoms with E-state index in [1.54, 1.807) is 12.1 Å². The predicted molar refractivity (Wildman–Crippen MR) is 62.7 cm³/mol. The molecule has 0 aliphatic carbocycles. The van der Waals surface area contributed by atoms with Crippen LogP contribution in [0.4, 0.5) is 5.69 Å². The molecular weight excluding hydrogens is 212 g/mol. The number of rotatable bonds is 4. The molecule has 0 aliphatic heterocycles. The first-order valence-corrected chi connectivity index (χ1v) is 5.07. The second-order valence-corrected chi connectivity index (χ2v) is 3.28. The molecule has 15 heavy (non-hydrogen) atoms. The Kier molecular flexibility index (Phi) is 4.71. The molecule has 2 N–H and O–H groups in total. The molecule has 4 heteroatoms. The Morgan fingerprint density at radius 3 is 2.67 bits per heavy atom. The van der Waals surface area contributed by atoms with Crippen molar-refractivity contribution in [2.45, 2.75) is 6.92 Å². The Hall–Kier alpha value is -1.48. The lowest BCUT2D eigenvalue weighted by Crippen LogP contribution is -2.14. The average Bonchev–Trinajstić information content (AvgIpc) is 2.27. The summed E-state index contributed by atoms with van der Waals surface area (Å²) in [7, 11) is 0. The summed E-state index contributed by atoms with van der Waals surface area (Å²) in [6.45, 7) is 2.66. The molecule has 1 amide bonds. The monoisotopic (exact) mass is 224 g/mol. The Morgan fingerprint density at radius 2 is 2.07 bits per heavy atom. The molecule has 3 nitrogen and oxygen atoms in total. The van der Waals surface area contributed by atoms with Gasteiger partial charge < -0.3 is 10.6 Å². The molecule has 0 saturated heterocycles. The lowest BCUT2D eigenvalue weighted by atomic mass is 10.3. The van der Waals surface area contributed by atoms with Crippen molar-refractivity contribution in [1.82, 2.24) is 5.32 Å². The highest BCUT2D eigenvalue weighted by Crippen LogP contribution is 2.08. The maximum absolute atomic E-state index is 11.5. The van der Waals surface area contributed by atoms with Crippen LogP contribution in [0.3, 0.4) is 0 Å². The standard InChI is InChI=1S/C11H13ClN2O/c1-2-13-8-10(12)11(15)14-9-6-4-3-5-7-9/h3-8,13H,2H2,1H3,(H,14,15)/b10-8-. The summed E-state index contributed by atoms with van der Waals surface area (Å²) >= 11 is 5.75. The van der Waals surface area contributed by atoms with Gasteiger partial charge in [-0.1, -0.05) is 29.8 Å². The smallest absolute Gasteiger partial charge is 0.268 e. The molecule has 0 unspecified atom stereocenters. The number of hydrogen-bond donors (Lipinski definition) is 2. The minimum absolute atomic E-state index is 0.140. The van der Waals surface area contributed by atoms with Crippen molar-refractivity contribution in [1.29, 1.82) is 0 Å². The first-order chi connectivity index (χ1) is 7.24. The lowest BCUT2D eigenvalue weighted by molar-refractivity contribution is -0.112. The van der Waals surface area contributed by atoms with Gasteiger partial charge in [-0.15, -0.1) is 0 Å². The summed E-state index contributed by atoms with van der Waals surface area (Å²) in [4.78, 5) is 11.5. The van der Waals surface area contributed by atoms with Crippen molar-refractivity contribution in [2.75, 3.05) is 11.9 Å². The SMILES string of the molecule is CCN/C=C(\Cl)C(=O)Nc1ccccc1. The topological polar surface area (TPSA) is 41.1 Å². The maximum atomic E-state index is 11.5. The molecule has 0 atom stereocenters. The van der Waals surface area contributed by atoms with Crippen molar-refractivity contribution in [2.24, 2.45) is 0 Å². The van der Waals surface area contributed by atoms with E-state index in [0.29, 0.717) is 0 Å². The maximum Gasteiger partial charge on any atom is 0.268 e. The van der Waals surface area contributed by atoms with Crippen molar-refractivity contribution in [3.8, 4) is 0 Å². The number of hydrogen-bond acceptors (Lipinski definition) is 2. The minimum Gasteiger partial charge on any atom is -0.390 e. The average molecular weight is 225 g/mol. The summed E-state index contributed by atoms with van der Waals surface area (Å²) in [5, 5.41) is 5.67. The number of para-hydroxylation sites is 1. The van der Waals surface area contributed by atoms with Crippen LogP contribution in [0.25, 0.3) is 0 Å². The van der Waals surface area contributed by atoms with Crippen LogP contribution in [0.5, 0.6) is 0 Å². The summed E-state index contributed by atoms with van der Waals surface area (Å²) in [6.07, 6.45) is 1.49. The Morgan fingerprint density at radius 1 is 1.40 bits per heavy atom. The molecule has 1 aromatic carbocycles. The van der Waals surface area contributed by atoms with Gasteiger partial charge in [0.1, 0.15) is 5.03 Å². The fraction of sp³-hybridized carbons (Fsp3) is 0.182. The first kappa shape index (κ1) is 11.6. The molecule has 1 rings (SSSR count). The third kappa shape index (κ3) is 4.04. The van der Waals surface area contributed by atoms with Gasteiger partial charge in [0.05, 0.1) is 0 Å². The number of carbonyl (C=O) groups is 1. The second-order valence-electron chi connectivity index (χ2n) is 2.87. The van der Waals surface area contributed by atoms with Gasteiger partial charge in [0.15, 0.2) is 0 Å². The predicted octanol–water partition coefficient (Wildman–Crippen LogP) is 2.31. The van der Waals surface area contributed by atoms with Crippen LogP contribution in [0.15, 0.2) is 41.6 Å². The van der Waals surface area contributed by atoms with Crippen LogP contribution >= 0.6 is 11.6 Å². The fourth-order valence-electron chi connectivity index (χ4n) is 0.970. The molecule has 0 fully saturated rings. The van der Waals surface area contributed by atoms with Crippen molar-refractivity contribution >= 4 is 23.2 Å². The third-order valence-electron chi connectivity index (χ3n) is 1.68. The number of nitrogens with one attached hydrogen (secondary N) is 2. The minimum atomic E-state index is -0.316. The summed E-state index contributed by atoms with van der Waals surface area (Å²) in [5.74, 6) is -0.316. The lowest BCUT2D eigenvalue weighted by Gasteiger charge is -2.03. The molecule has 1 aromatic rings. The van der Waals surface area contributed by atoms with Crippen LogP contribution < -0.4 is 10.6 Å². The highest BCUT2D eigenvalue weighted by Gasteiger charge is 2.05. The van der Waals surface area contributed by atoms with Crippen molar-refractivity contribution in [3.63, 3.8) is 0 Å². The zero-order valence-corrected chi connectivity index (χ0v) is 9.21.